The summed E-state index contributed by atoms with van der Waals surface area (Å²) >= 11 is 0. The molecule has 43 nitrogen and oxygen atoms in total. The van der Waals surface area contributed by atoms with Crippen LogP contribution >= 0.6 is 0 Å². The molecule has 0 aromatic carbocycles. The van der Waals surface area contributed by atoms with Crippen LogP contribution in [0.5, 0.6) is 0 Å². The molecule has 48 atom stereocenters. The fourth-order valence-electron chi connectivity index (χ4n) is 23.9. The third-order valence-corrected chi connectivity index (χ3v) is 32.3. The van der Waals surface area contributed by atoms with E-state index in [9.17, 15) is 127 Å². The van der Waals surface area contributed by atoms with Crippen molar-refractivity contribution in [3.63, 3.8) is 0 Å². The Hall–Kier alpha value is -2.88. The second kappa shape index (κ2) is 43.7. The highest BCUT2D eigenvalue weighted by atomic mass is 16.8. The minimum atomic E-state index is -2.17. The number of carbonyl (C=O) groups excluding carboxylic acids is 2. The average molecular weight is 1920 g/mol. The number of fused-ring (bicyclic) bond motifs is 7. The lowest BCUT2D eigenvalue weighted by molar-refractivity contribution is -0.375. The number of carbonyl (C=O) groups is 2. The van der Waals surface area contributed by atoms with E-state index < -0.39 is 335 Å². The van der Waals surface area contributed by atoms with Crippen molar-refractivity contribution in [1.82, 2.24) is 0 Å². The van der Waals surface area contributed by atoms with E-state index >= 15 is 4.79 Å². The molecular formula is C90H150O43. The van der Waals surface area contributed by atoms with E-state index in [-0.39, 0.29) is 57.2 Å². The van der Waals surface area contributed by atoms with E-state index in [1.165, 1.54) is 13.8 Å². The summed E-state index contributed by atoms with van der Waals surface area (Å²) in [6.45, 7) is 12.9. The molecule has 0 unspecified atom stereocenters. The maximum absolute atomic E-state index is 15.8. The minimum absolute atomic E-state index is 0.0479. The first-order chi connectivity index (χ1) is 62.6. The molecule has 13 aliphatic rings. The second-order valence-electron chi connectivity index (χ2n) is 41.9. The van der Waals surface area contributed by atoms with Crippen LogP contribution in [-0.4, -0.2) is 432 Å². The van der Waals surface area contributed by atoms with Crippen molar-refractivity contribution in [2.45, 2.75) is 435 Å². The normalized spacial score (nSPS) is 49.9. The molecule has 8 heterocycles. The van der Waals surface area contributed by atoms with Crippen molar-refractivity contribution >= 4 is 11.9 Å². The maximum atomic E-state index is 15.8. The Morgan fingerprint density at radius 3 is 1.69 bits per heavy atom. The molecule has 24 N–H and O–H groups in total. The standard InChI is InChI=1S/C90H150O43/c1-39-54(97)59(102)65(108)77(123-39)117-28-18-14-10-11-15-19-42(93)20-16-12-13-17-21-49(126-78-63(106)56(99)48(96)33-119-78)75(114)129-70-41(3)125-82(71(68(70)111)131-80-67(110)61(104)69(40(2)124-80)130-79-64(107)58(101)51(35-121-79)128-83-72(112)89(115,37-92)38-122-83)133-74(113)45-30-84(4,5)29-44-43-22-23-53-85(6)31-46(94)73(86(7,36-91)52(85)24-25-88(53,9)87(43,8)26-27-90(44,45)116)132-81-66(109)60(103)57(100)50(127-81)34-120-76-62(105)55(98)47(95)32-118-76/h22,39-42,44-73,76-83,91-112,115-116H,10-21,23-38H2,1-9H3/t39-,40-,41+,42-,44-,45-,46-,47-,48+,49+,50+,51+,52+,53+,54-,55-,56-,57+,58-,59+,60-,61-,62+,63+,64+,65+,66+,67+,68-,69-,70-,71+,72-,73-,76-,77+,78-,79-,80-,81-,82-,83-,85-,86-,87+,88+,89+,90+/m0/s1. The van der Waals surface area contributed by atoms with Crippen molar-refractivity contribution < 1.29 is 213 Å². The number of allylic oxidation sites excluding steroid dienone is 1. The van der Waals surface area contributed by atoms with E-state index in [4.69, 9.17) is 80.5 Å². The lowest BCUT2D eigenvalue weighted by atomic mass is 9.33. The van der Waals surface area contributed by atoms with Crippen LogP contribution in [0.3, 0.4) is 0 Å². The molecule has 8 saturated heterocycles. The molecule has 43 heteroatoms. The fraction of sp³-hybridized carbons (Fsp3) is 0.956. The van der Waals surface area contributed by atoms with Crippen molar-refractivity contribution in [1.29, 1.82) is 0 Å². The number of esters is 2. The van der Waals surface area contributed by atoms with Gasteiger partial charge < -0.3 is 203 Å². The van der Waals surface area contributed by atoms with E-state index in [0.29, 0.717) is 70.6 Å². The first kappa shape index (κ1) is 107. The second-order valence-corrected chi connectivity index (χ2v) is 41.9. The highest BCUT2D eigenvalue weighted by molar-refractivity contribution is 5.76. The Morgan fingerprint density at radius 2 is 1.03 bits per heavy atom. The molecule has 0 aromatic rings. The van der Waals surface area contributed by atoms with Crippen molar-refractivity contribution in [3.05, 3.63) is 11.6 Å². The van der Waals surface area contributed by atoms with E-state index in [0.717, 1.165) is 31.3 Å². The number of aliphatic hydroxyl groups is 24. The summed E-state index contributed by atoms with van der Waals surface area (Å²) in [7, 11) is 0. The summed E-state index contributed by atoms with van der Waals surface area (Å²) < 4.78 is 101. The third kappa shape index (κ3) is 21.8. The summed E-state index contributed by atoms with van der Waals surface area (Å²) in [5.41, 5.74) is -6.99. The van der Waals surface area contributed by atoms with E-state index in [1.807, 2.05) is 13.8 Å². The summed E-state index contributed by atoms with van der Waals surface area (Å²) in [5, 5.41) is 267. The molecule has 133 heavy (non-hydrogen) atoms. The molecule has 768 valence electrons. The zero-order valence-electron chi connectivity index (χ0n) is 77.1. The Balaban J connectivity index is 0.694. The van der Waals surface area contributed by atoms with Crippen LogP contribution in [0, 0.1) is 50.7 Å². The van der Waals surface area contributed by atoms with Crippen LogP contribution < -0.4 is 0 Å². The van der Waals surface area contributed by atoms with Crippen molar-refractivity contribution in [2.75, 3.05) is 52.9 Å². The summed E-state index contributed by atoms with van der Waals surface area (Å²) in [6, 6.07) is 0. The van der Waals surface area contributed by atoms with Gasteiger partial charge in [-0.3, -0.25) is 4.79 Å². The quantitative estimate of drug-likeness (QED) is 0.0122. The SMILES string of the molecule is C[C@@H]1O[C@@H](OCCCCCCC[C@H](O)CCCCCC[C@@H](O[C@@H]2OC[C@@H](O)[C@H](O)[C@H]2O)C(=O)O[C@@H]2[C@H](O)[C@@H](O[C@@H]3O[C@@H](C)[C@H](O[C@@H]4OC[C@@H](O[C@@H]5OC[C@](O)(CO)[C@H]5O)[C@H](O)[C@H]4O)[C@@H](O)[C@H]3O)[C@H](OC(=O)[C@@H]3CC(C)(C)C[C@H]4C5=CC[C@@H]6[C@@]7(C)C[C@H](O)[C@H](O[C@@H]8O[C@H](CO[C@@H]9OC[C@H](O)[C@H](O)[C@H]9O)[C@@H](O)[C@H](O)[C@H]8O)[C@@](C)(CO)[C@@H]7CC[C@@]6(C)[C@]5(C)CC[C@]34O)O[C@@H]2C)[C@H](O)[C@H](O)[C@H]1O. The highest BCUT2D eigenvalue weighted by Crippen LogP contribution is 2.76. The van der Waals surface area contributed by atoms with Gasteiger partial charge in [0.1, 0.15) is 134 Å². The Labute approximate surface area is 772 Å². The lowest BCUT2D eigenvalue weighted by Gasteiger charge is -2.72. The predicted octanol–water partition coefficient (Wildman–Crippen LogP) is -5.24. The van der Waals surface area contributed by atoms with Crippen molar-refractivity contribution in [2.24, 2.45) is 50.7 Å². The third-order valence-electron chi connectivity index (χ3n) is 32.3. The number of hydrogen-bond acceptors (Lipinski definition) is 43. The molecule has 8 aliphatic heterocycles. The molecule has 0 amide bonds. The van der Waals surface area contributed by atoms with Gasteiger partial charge in [0.05, 0.1) is 94.4 Å². The van der Waals surface area contributed by atoms with Crippen LogP contribution in [-0.2, 0) is 90.1 Å². The zero-order valence-corrected chi connectivity index (χ0v) is 77.1. The van der Waals surface area contributed by atoms with Gasteiger partial charge in [0.2, 0.25) is 6.29 Å². The van der Waals surface area contributed by atoms with Gasteiger partial charge >= 0.3 is 11.9 Å². The van der Waals surface area contributed by atoms with Gasteiger partial charge in [0.25, 0.3) is 0 Å². The topological polar surface area (TPSA) is 677 Å². The first-order valence-electron chi connectivity index (χ1n) is 47.6. The summed E-state index contributed by atoms with van der Waals surface area (Å²) in [5.74, 6) is -4.77. The molecule has 0 spiro atoms. The van der Waals surface area contributed by atoms with Gasteiger partial charge in [-0.25, -0.2) is 4.79 Å². The summed E-state index contributed by atoms with van der Waals surface area (Å²) in [4.78, 5) is 30.8. The molecular weight excluding hydrogens is 1770 g/mol. The van der Waals surface area contributed by atoms with Crippen LogP contribution in [0.15, 0.2) is 11.6 Å². The van der Waals surface area contributed by atoms with Crippen LogP contribution in [0.2, 0.25) is 0 Å². The Bertz CT molecular complexity index is 3770. The number of aliphatic hydroxyl groups excluding tert-OH is 22. The molecule has 12 fully saturated rings. The lowest BCUT2D eigenvalue weighted by Crippen LogP contribution is -2.70. The van der Waals surface area contributed by atoms with Crippen LogP contribution in [0.25, 0.3) is 0 Å². The number of rotatable bonds is 35. The molecule has 0 radical (unpaired) electrons. The van der Waals surface area contributed by atoms with Gasteiger partial charge in [-0.1, -0.05) is 105 Å². The van der Waals surface area contributed by atoms with Gasteiger partial charge in [0, 0.05) is 17.9 Å². The number of ether oxygens (including phenoxy) is 17. The Kier molecular flexibility index (Phi) is 35.3. The highest BCUT2D eigenvalue weighted by Gasteiger charge is 2.73. The first-order valence-corrected chi connectivity index (χ1v) is 47.6. The monoisotopic (exact) mass is 1920 g/mol. The van der Waals surface area contributed by atoms with Crippen LogP contribution in [0.4, 0.5) is 0 Å². The molecule has 0 bridgehead atoms. The zero-order chi connectivity index (χ0) is 97.0. The van der Waals surface area contributed by atoms with E-state index in [2.05, 4.69) is 26.8 Å². The molecule has 0 aromatic heterocycles. The van der Waals surface area contributed by atoms with Crippen molar-refractivity contribution in [3.8, 4) is 0 Å². The van der Waals surface area contributed by atoms with E-state index in [1.54, 1.807) is 13.8 Å². The molecule has 4 saturated carbocycles. The average Bonchev–Trinajstić information content (AvgIpc) is 0.868. The number of unbranched alkanes of at least 4 members (excludes halogenated alkanes) is 7. The number of hydrogen-bond donors (Lipinski definition) is 24. The minimum Gasteiger partial charge on any atom is -0.455 e. The van der Waals surface area contributed by atoms with Gasteiger partial charge in [0.15, 0.2) is 62.3 Å². The Morgan fingerprint density at radius 1 is 0.466 bits per heavy atom. The fourth-order valence-corrected chi connectivity index (χ4v) is 23.9. The predicted molar refractivity (Wildman–Crippen MR) is 448 cm³/mol. The van der Waals surface area contributed by atoms with Gasteiger partial charge in [-0.15, -0.1) is 0 Å². The smallest absolute Gasteiger partial charge is 0.335 e. The maximum Gasteiger partial charge on any atom is 0.335 e. The molecule has 5 aliphatic carbocycles. The van der Waals surface area contributed by atoms with Gasteiger partial charge in [-0.05, 0) is 131 Å². The molecule has 13 rings (SSSR count). The summed E-state index contributed by atoms with van der Waals surface area (Å²) in [6.07, 6.45) is -50.0. The van der Waals surface area contributed by atoms with Crippen LogP contribution in [0.1, 0.15) is 191 Å². The van der Waals surface area contributed by atoms with Gasteiger partial charge in [-0.2, -0.15) is 0 Å². The largest absolute Gasteiger partial charge is 0.455 e.